The maximum atomic E-state index is 11.7. The number of thioether (sulfide) groups is 1. The second-order valence-electron chi connectivity index (χ2n) is 4.92. The van der Waals surface area contributed by atoms with Gasteiger partial charge in [0.25, 0.3) is 11.8 Å². The maximum Gasteiger partial charge on any atom is 0.306 e. The van der Waals surface area contributed by atoms with Crippen molar-refractivity contribution < 1.29 is 19.1 Å². The van der Waals surface area contributed by atoms with Gasteiger partial charge in [0.15, 0.2) is 6.61 Å². The lowest BCUT2D eigenvalue weighted by molar-refractivity contribution is -0.148. The summed E-state index contributed by atoms with van der Waals surface area (Å²) in [6.07, 6.45) is 0.842. The Morgan fingerprint density at radius 1 is 1.16 bits per heavy atom. The molecule has 0 saturated carbocycles. The molecule has 2 amide bonds. The van der Waals surface area contributed by atoms with Crippen LogP contribution in [0.4, 0.5) is 0 Å². The van der Waals surface area contributed by atoms with Crippen molar-refractivity contribution in [2.75, 3.05) is 12.4 Å². The molecule has 0 aliphatic rings. The predicted octanol–water partition coefficient (Wildman–Crippen LogP) is 3.77. The quantitative estimate of drug-likeness (QED) is 0.417. The molecule has 25 heavy (non-hydrogen) atoms. The van der Waals surface area contributed by atoms with E-state index in [1.165, 1.54) is 11.3 Å². The van der Waals surface area contributed by atoms with E-state index in [1.54, 1.807) is 29.3 Å². The number of hydrogen-bond donors (Lipinski definition) is 1. The van der Waals surface area contributed by atoms with Crippen LogP contribution >= 0.6 is 34.7 Å². The third kappa shape index (κ3) is 7.29. The highest BCUT2D eigenvalue weighted by Gasteiger charge is 2.13. The third-order valence-electron chi connectivity index (χ3n) is 2.97. The Morgan fingerprint density at radius 2 is 1.92 bits per heavy atom. The van der Waals surface area contributed by atoms with Crippen LogP contribution in [0.1, 0.15) is 22.5 Å². The SMILES string of the molecule is O=C(COC(=O)CCCSc1ccc(Cl)cc1)NC(=O)c1cccs1. The van der Waals surface area contributed by atoms with Crippen molar-refractivity contribution in [3.05, 3.63) is 51.7 Å². The highest BCUT2D eigenvalue weighted by Crippen LogP contribution is 2.21. The lowest BCUT2D eigenvalue weighted by Crippen LogP contribution is -2.33. The number of nitrogens with one attached hydrogen (secondary N) is 1. The van der Waals surface area contributed by atoms with Gasteiger partial charge in [0, 0.05) is 16.3 Å². The van der Waals surface area contributed by atoms with Crippen LogP contribution in [0.25, 0.3) is 0 Å². The molecule has 1 heterocycles. The van der Waals surface area contributed by atoms with Crippen LogP contribution < -0.4 is 5.32 Å². The average molecular weight is 398 g/mol. The Morgan fingerprint density at radius 3 is 2.60 bits per heavy atom. The minimum absolute atomic E-state index is 0.215. The van der Waals surface area contributed by atoms with E-state index in [1.807, 2.05) is 24.3 Å². The van der Waals surface area contributed by atoms with E-state index in [0.29, 0.717) is 16.3 Å². The molecule has 1 aromatic heterocycles. The van der Waals surface area contributed by atoms with Crippen LogP contribution in [0.3, 0.4) is 0 Å². The molecule has 1 aromatic carbocycles. The van der Waals surface area contributed by atoms with E-state index in [0.717, 1.165) is 10.6 Å². The number of hydrogen-bond acceptors (Lipinski definition) is 6. The van der Waals surface area contributed by atoms with Crippen LogP contribution in [0.15, 0.2) is 46.7 Å². The van der Waals surface area contributed by atoms with E-state index < -0.39 is 24.4 Å². The molecular formula is C17H16ClNO4S2. The number of halogens is 1. The van der Waals surface area contributed by atoms with Crippen LogP contribution in [0, 0.1) is 0 Å². The molecule has 1 N–H and O–H groups in total. The maximum absolute atomic E-state index is 11.7. The number of esters is 1. The van der Waals surface area contributed by atoms with Crippen molar-refractivity contribution in [1.82, 2.24) is 5.32 Å². The number of benzene rings is 1. The van der Waals surface area contributed by atoms with Crippen LogP contribution in [-0.4, -0.2) is 30.1 Å². The van der Waals surface area contributed by atoms with Gasteiger partial charge < -0.3 is 4.74 Å². The predicted molar refractivity (Wildman–Crippen MR) is 99.2 cm³/mol. The normalized spacial score (nSPS) is 10.3. The number of imide groups is 1. The van der Waals surface area contributed by atoms with Gasteiger partial charge in [0.2, 0.25) is 0 Å². The first-order valence-electron chi connectivity index (χ1n) is 7.46. The van der Waals surface area contributed by atoms with Crippen molar-refractivity contribution in [3.63, 3.8) is 0 Å². The molecular weight excluding hydrogens is 382 g/mol. The number of ether oxygens (including phenoxy) is 1. The zero-order valence-electron chi connectivity index (χ0n) is 13.2. The summed E-state index contributed by atoms with van der Waals surface area (Å²) < 4.78 is 4.86. The standard InChI is InChI=1S/C17H16ClNO4S2/c18-12-5-7-13(8-6-12)24-9-2-4-16(21)23-11-15(20)19-17(22)14-3-1-10-25-14/h1,3,5-8,10H,2,4,9,11H2,(H,19,20,22). The van der Waals surface area contributed by atoms with Crippen LogP contribution in [0.2, 0.25) is 5.02 Å². The summed E-state index contributed by atoms with van der Waals surface area (Å²) in [5.74, 6) is -0.840. The van der Waals surface area contributed by atoms with Gasteiger partial charge in [0.1, 0.15) is 0 Å². The zero-order valence-corrected chi connectivity index (χ0v) is 15.6. The molecule has 2 rings (SSSR count). The number of amides is 2. The first-order valence-corrected chi connectivity index (χ1v) is 9.70. The minimum atomic E-state index is -0.637. The molecule has 132 valence electrons. The van der Waals surface area contributed by atoms with Gasteiger partial charge in [-0.3, -0.25) is 19.7 Å². The van der Waals surface area contributed by atoms with Gasteiger partial charge in [-0.25, -0.2) is 0 Å². The Labute approximate surface area is 158 Å². The van der Waals surface area contributed by atoms with E-state index in [9.17, 15) is 14.4 Å². The lowest BCUT2D eigenvalue weighted by atomic mass is 10.3. The van der Waals surface area contributed by atoms with E-state index >= 15 is 0 Å². The van der Waals surface area contributed by atoms with Gasteiger partial charge in [-0.1, -0.05) is 17.7 Å². The summed E-state index contributed by atoms with van der Waals surface area (Å²) in [5, 5.41) is 4.59. The summed E-state index contributed by atoms with van der Waals surface area (Å²) in [6, 6.07) is 10.8. The molecule has 0 spiro atoms. The lowest BCUT2D eigenvalue weighted by Gasteiger charge is -2.05. The Kier molecular flexibility index (Phi) is 7.97. The van der Waals surface area contributed by atoms with Gasteiger partial charge >= 0.3 is 5.97 Å². The number of thiophene rings is 1. The first kappa shape index (κ1) is 19.5. The molecule has 0 bridgehead atoms. The Bertz CT molecular complexity index is 717. The van der Waals surface area contributed by atoms with Gasteiger partial charge in [0.05, 0.1) is 4.88 Å². The number of carbonyl (C=O) groups is 3. The van der Waals surface area contributed by atoms with Crippen LogP contribution in [0.5, 0.6) is 0 Å². The topological polar surface area (TPSA) is 72.5 Å². The molecule has 2 aromatic rings. The van der Waals surface area contributed by atoms with E-state index in [4.69, 9.17) is 16.3 Å². The summed E-state index contributed by atoms with van der Waals surface area (Å²) >= 11 is 8.65. The summed E-state index contributed by atoms with van der Waals surface area (Å²) in [7, 11) is 0. The molecule has 0 unspecified atom stereocenters. The molecule has 0 radical (unpaired) electrons. The molecule has 0 atom stereocenters. The number of carbonyl (C=O) groups excluding carboxylic acids is 3. The highest BCUT2D eigenvalue weighted by atomic mass is 35.5. The Balaban J connectivity index is 1.58. The molecule has 0 saturated heterocycles. The van der Waals surface area contributed by atoms with Gasteiger partial charge in [-0.2, -0.15) is 0 Å². The fraction of sp³-hybridized carbons (Fsp3) is 0.235. The third-order valence-corrected chi connectivity index (χ3v) is 5.19. The van der Waals surface area contributed by atoms with Crippen LogP contribution in [-0.2, 0) is 14.3 Å². The fourth-order valence-electron chi connectivity index (χ4n) is 1.79. The summed E-state index contributed by atoms with van der Waals surface area (Å²) in [5.41, 5.74) is 0. The summed E-state index contributed by atoms with van der Waals surface area (Å²) in [6.45, 7) is -0.458. The molecule has 0 fully saturated rings. The molecule has 5 nitrogen and oxygen atoms in total. The monoisotopic (exact) mass is 397 g/mol. The van der Waals surface area contributed by atoms with E-state index in [2.05, 4.69) is 5.32 Å². The van der Waals surface area contributed by atoms with Crippen molar-refractivity contribution in [2.45, 2.75) is 17.7 Å². The van der Waals surface area contributed by atoms with Crippen molar-refractivity contribution >= 4 is 52.5 Å². The second-order valence-corrected chi connectivity index (χ2v) is 7.47. The summed E-state index contributed by atoms with van der Waals surface area (Å²) in [4.78, 5) is 36.3. The van der Waals surface area contributed by atoms with Crippen molar-refractivity contribution in [1.29, 1.82) is 0 Å². The Hall–Kier alpha value is -1.83. The smallest absolute Gasteiger partial charge is 0.306 e. The van der Waals surface area contributed by atoms with Crippen molar-refractivity contribution in [2.24, 2.45) is 0 Å². The van der Waals surface area contributed by atoms with Gasteiger partial charge in [-0.15, -0.1) is 23.1 Å². The average Bonchev–Trinajstić information content (AvgIpc) is 3.13. The minimum Gasteiger partial charge on any atom is -0.456 e. The van der Waals surface area contributed by atoms with E-state index in [-0.39, 0.29) is 6.42 Å². The molecule has 0 aliphatic carbocycles. The highest BCUT2D eigenvalue weighted by molar-refractivity contribution is 7.99. The largest absolute Gasteiger partial charge is 0.456 e. The first-order chi connectivity index (χ1) is 12.0. The molecule has 8 heteroatoms. The fourth-order valence-corrected chi connectivity index (χ4v) is 3.39. The second kappa shape index (κ2) is 10.2. The van der Waals surface area contributed by atoms with Gasteiger partial charge in [-0.05, 0) is 47.9 Å². The zero-order chi connectivity index (χ0) is 18.1. The number of rotatable bonds is 8. The molecule has 0 aliphatic heterocycles. The van der Waals surface area contributed by atoms with Crippen molar-refractivity contribution in [3.8, 4) is 0 Å².